The third-order valence-electron chi connectivity index (χ3n) is 4.98. The highest BCUT2D eigenvalue weighted by atomic mass is 32.2. The second-order valence-electron chi connectivity index (χ2n) is 8.87. The summed E-state index contributed by atoms with van der Waals surface area (Å²) in [7, 11) is -2.91. The lowest BCUT2D eigenvalue weighted by Gasteiger charge is -2.25. The number of rotatable bonds is 9. The zero-order valence-electron chi connectivity index (χ0n) is 20.6. The van der Waals surface area contributed by atoms with Gasteiger partial charge in [0.05, 0.1) is 30.5 Å². The first-order valence-electron chi connectivity index (χ1n) is 11.0. The molecule has 3 rings (SSSR count). The zero-order valence-corrected chi connectivity index (χ0v) is 22.3. The summed E-state index contributed by atoms with van der Waals surface area (Å²) in [6.07, 6.45) is -0.365. The third kappa shape index (κ3) is 6.81. The summed E-state index contributed by atoms with van der Waals surface area (Å²) in [6, 6.07) is 9.88. The lowest BCUT2D eigenvalue weighted by atomic mass is 10.1. The van der Waals surface area contributed by atoms with E-state index in [1.54, 1.807) is 45.0 Å². The lowest BCUT2D eigenvalue weighted by molar-refractivity contribution is -0.120. The van der Waals surface area contributed by atoms with Crippen molar-refractivity contribution in [3.63, 3.8) is 0 Å². The van der Waals surface area contributed by atoms with Gasteiger partial charge in [0, 0.05) is 0 Å². The van der Waals surface area contributed by atoms with Crippen molar-refractivity contribution in [2.75, 3.05) is 11.4 Å². The number of anilines is 1. The van der Waals surface area contributed by atoms with Crippen LogP contribution in [-0.2, 0) is 32.5 Å². The van der Waals surface area contributed by atoms with E-state index in [-0.39, 0.29) is 34.1 Å². The van der Waals surface area contributed by atoms with Gasteiger partial charge >= 0.3 is 5.97 Å². The van der Waals surface area contributed by atoms with Crippen molar-refractivity contribution in [1.82, 2.24) is 10.4 Å². The number of ether oxygens (including phenoxy) is 2. The number of nitrogens with zero attached hydrogens (tertiary/aromatic N) is 2. The first kappa shape index (κ1) is 28.0. The van der Waals surface area contributed by atoms with Crippen LogP contribution in [0.15, 0.2) is 52.9 Å². The van der Waals surface area contributed by atoms with Gasteiger partial charge in [-0.1, -0.05) is 18.2 Å². The molecule has 3 aromatic rings. The lowest BCUT2D eigenvalue weighted by Crippen LogP contribution is -2.33. The number of sulfonamides is 1. The molecule has 198 valence electrons. The number of hydrogen-bond donors (Lipinski definition) is 2. The minimum atomic E-state index is -4.41. The number of benzene rings is 2. The second-order valence-corrected chi connectivity index (χ2v) is 11.6. The number of hydrazine groups is 1. The number of amides is 1. The summed E-state index contributed by atoms with van der Waals surface area (Å²) in [4.78, 5) is 28.1. The molecular formula is C24H27FN4O6S2. The van der Waals surface area contributed by atoms with E-state index in [0.717, 1.165) is 21.7 Å². The average Bonchev–Trinajstić information content (AvgIpc) is 3.32. The zero-order chi connectivity index (χ0) is 27.4. The Morgan fingerprint density at radius 2 is 1.84 bits per heavy atom. The standard InChI is InChI=1S/C24H27FN4O6S2/c1-24(2,3)35-23(31)21-22(36-14-27-21)29(13-15-5-8-17(34-4)9-6-15)37(32,33)18-10-7-16(19(25)12-18)11-20(30)28-26/h5-10,12,14H,11,13,26H2,1-4H3,(H,28,30). The molecule has 0 bridgehead atoms. The Morgan fingerprint density at radius 1 is 1.16 bits per heavy atom. The van der Waals surface area contributed by atoms with Crippen molar-refractivity contribution in [3.05, 3.63) is 70.6 Å². The second kappa shape index (κ2) is 11.2. The SMILES string of the molecule is COc1ccc(CN(c2scnc2C(=O)OC(C)(C)C)S(=O)(=O)c2ccc(CC(=O)NN)c(F)c2)cc1. The largest absolute Gasteiger partial charge is 0.497 e. The van der Waals surface area contributed by atoms with Gasteiger partial charge in [-0.25, -0.2) is 28.4 Å². The van der Waals surface area contributed by atoms with Crippen LogP contribution in [0.5, 0.6) is 5.75 Å². The number of hydrogen-bond acceptors (Lipinski definition) is 9. The van der Waals surface area contributed by atoms with Crippen molar-refractivity contribution < 1.29 is 31.9 Å². The number of nitrogens with one attached hydrogen (secondary N) is 1. The van der Waals surface area contributed by atoms with E-state index in [1.165, 1.54) is 24.8 Å². The summed E-state index contributed by atoms with van der Waals surface area (Å²) in [6.45, 7) is 4.84. The monoisotopic (exact) mass is 550 g/mol. The first-order valence-corrected chi connectivity index (χ1v) is 13.3. The summed E-state index contributed by atoms with van der Waals surface area (Å²) in [5.74, 6) is 3.30. The van der Waals surface area contributed by atoms with E-state index >= 15 is 0 Å². The number of aromatic nitrogens is 1. The molecule has 1 heterocycles. The average molecular weight is 551 g/mol. The molecule has 37 heavy (non-hydrogen) atoms. The fourth-order valence-corrected chi connectivity index (χ4v) is 5.71. The van der Waals surface area contributed by atoms with Crippen LogP contribution in [0.25, 0.3) is 0 Å². The Morgan fingerprint density at radius 3 is 2.41 bits per heavy atom. The minimum Gasteiger partial charge on any atom is -0.497 e. The van der Waals surface area contributed by atoms with Crippen LogP contribution in [0.2, 0.25) is 0 Å². The molecule has 10 nitrogen and oxygen atoms in total. The highest BCUT2D eigenvalue weighted by molar-refractivity contribution is 7.93. The maximum atomic E-state index is 14.8. The molecule has 3 N–H and O–H groups in total. The van der Waals surface area contributed by atoms with E-state index in [9.17, 15) is 22.4 Å². The quantitative estimate of drug-likeness (QED) is 0.179. The van der Waals surface area contributed by atoms with E-state index in [2.05, 4.69) is 4.98 Å². The van der Waals surface area contributed by atoms with Crippen molar-refractivity contribution in [2.24, 2.45) is 5.84 Å². The number of methoxy groups -OCH3 is 1. The van der Waals surface area contributed by atoms with Gasteiger partial charge in [0.25, 0.3) is 10.0 Å². The third-order valence-corrected chi connectivity index (χ3v) is 7.68. The molecular weight excluding hydrogens is 523 g/mol. The normalized spacial score (nSPS) is 11.6. The Hall–Kier alpha value is -3.55. The van der Waals surface area contributed by atoms with E-state index in [4.69, 9.17) is 15.3 Å². The molecule has 0 saturated carbocycles. The summed E-state index contributed by atoms with van der Waals surface area (Å²) in [5, 5.41) is 0.0112. The summed E-state index contributed by atoms with van der Waals surface area (Å²) < 4.78 is 54.0. The van der Waals surface area contributed by atoms with Gasteiger partial charge in [0.1, 0.15) is 22.2 Å². The fraction of sp³-hybridized carbons (Fsp3) is 0.292. The topological polar surface area (TPSA) is 141 Å². The fourth-order valence-electron chi connectivity index (χ4n) is 3.23. The Balaban J connectivity index is 2.08. The number of carbonyl (C=O) groups is 2. The molecule has 0 radical (unpaired) electrons. The predicted molar refractivity (Wildman–Crippen MR) is 136 cm³/mol. The Labute approximate surface area is 218 Å². The van der Waals surface area contributed by atoms with Gasteiger partial charge in [-0.05, 0) is 56.2 Å². The van der Waals surface area contributed by atoms with Crippen LogP contribution in [0.4, 0.5) is 9.39 Å². The molecule has 2 aromatic carbocycles. The number of nitrogens with two attached hydrogens (primary N) is 1. The van der Waals surface area contributed by atoms with Gasteiger partial charge in [-0.2, -0.15) is 0 Å². The van der Waals surface area contributed by atoms with Crippen molar-refractivity contribution in [1.29, 1.82) is 0 Å². The maximum Gasteiger partial charge on any atom is 0.360 e. The van der Waals surface area contributed by atoms with Gasteiger partial charge < -0.3 is 9.47 Å². The highest BCUT2D eigenvalue weighted by Gasteiger charge is 2.33. The van der Waals surface area contributed by atoms with Crippen LogP contribution < -0.4 is 20.3 Å². The van der Waals surface area contributed by atoms with Crippen LogP contribution in [0, 0.1) is 5.82 Å². The smallest absolute Gasteiger partial charge is 0.360 e. The Bertz CT molecular complexity index is 1380. The number of esters is 1. The van der Waals surface area contributed by atoms with Crippen molar-refractivity contribution in [3.8, 4) is 5.75 Å². The van der Waals surface area contributed by atoms with Gasteiger partial charge in [0.2, 0.25) is 5.91 Å². The minimum absolute atomic E-state index is 0.0112. The van der Waals surface area contributed by atoms with E-state index in [0.29, 0.717) is 11.3 Å². The molecule has 1 aromatic heterocycles. The van der Waals surface area contributed by atoms with Crippen LogP contribution in [0.3, 0.4) is 0 Å². The number of thiazole rings is 1. The van der Waals surface area contributed by atoms with Crippen LogP contribution >= 0.6 is 11.3 Å². The van der Waals surface area contributed by atoms with Crippen molar-refractivity contribution >= 4 is 38.2 Å². The van der Waals surface area contributed by atoms with Gasteiger partial charge in [0.15, 0.2) is 5.69 Å². The molecule has 0 atom stereocenters. The Kier molecular flexibility index (Phi) is 8.51. The predicted octanol–water partition coefficient (Wildman–Crippen LogP) is 3.17. The van der Waals surface area contributed by atoms with Crippen LogP contribution in [-0.4, -0.2) is 38.0 Å². The summed E-state index contributed by atoms with van der Waals surface area (Å²) in [5.41, 5.74) is 2.75. The summed E-state index contributed by atoms with van der Waals surface area (Å²) >= 11 is 0.929. The number of carbonyl (C=O) groups excluding carboxylic acids is 2. The van der Waals surface area contributed by atoms with Crippen LogP contribution in [0.1, 0.15) is 42.4 Å². The molecule has 0 aliphatic rings. The first-order chi connectivity index (χ1) is 17.4. The molecule has 0 spiro atoms. The van der Waals surface area contributed by atoms with E-state index in [1.807, 2.05) is 5.43 Å². The highest BCUT2D eigenvalue weighted by Crippen LogP contribution is 2.34. The maximum absolute atomic E-state index is 14.8. The van der Waals surface area contributed by atoms with E-state index < -0.39 is 33.3 Å². The van der Waals surface area contributed by atoms with Gasteiger partial charge in [-0.3, -0.25) is 14.5 Å². The number of halogens is 1. The van der Waals surface area contributed by atoms with Gasteiger partial charge in [-0.15, -0.1) is 11.3 Å². The molecule has 13 heteroatoms. The molecule has 1 amide bonds. The molecule has 0 aliphatic heterocycles. The molecule has 0 saturated heterocycles. The molecule has 0 fully saturated rings. The molecule has 0 unspecified atom stereocenters. The van der Waals surface area contributed by atoms with Crippen molar-refractivity contribution in [2.45, 2.75) is 44.2 Å². The molecule has 0 aliphatic carbocycles.